The van der Waals surface area contributed by atoms with Gasteiger partial charge < -0.3 is 9.84 Å². The Hall–Kier alpha value is -2.10. The van der Waals surface area contributed by atoms with Crippen molar-refractivity contribution in [2.75, 3.05) is 7.11 Å². The van der Waals surface area contributed by atoms with Crippen molar-refractivity contribution >= 4 is 11.8 Å². The Labute approximate surface area is 99.5 Å². The van der Waals surface area contributed by atoms with Crippen molar-refractivity contribution in [3.05, 3.63) is 47.2 Å². The third kappa shape index (κ3) is 3.45. The summed E-state index contributed by atoms with van der Waals surface area (Å²) in [4.78, 5) is 23.1. The van der Waals surface area contributed by atoms with Crippen LogP contribution in [0.1, 0.15) is 23.7 Å². The number of ketones is 1. The van der Waals surface area contributed by atoms with E-state index in [0.717, 1.165) is 0 Å². The first-order chi connectivity index (χ1) is 8.06. The van der Waals surface area contributed by atoms with E-state index in [1.165, 1.54) is 14.0 Å². The SMILES string of the molecule is COC(=O)/C(CC(=O)c1ccccc1)=C(\C)[O-]. The third-order valence-corrected chi connectivity index (χ3v) is 2.29. The number of hydrogen-bond donors (Lipinski definition) is 0. The van der Waals surface area contributed by atoms with E-state index in [4.69, 9.17) is 0 Å². The third-order valence-electron chi connectivity index (χ3n) is 2.29. The molecule has 4 nitrogen and oxygen atoms in total. The number of Topliss-reactive ketones (excluding diaryl/α,β-unsaturated/α-hetero) is 1. The zero-order valence-corrected chi connectivity index (χ0v) is 9.73. The van der Waals surface area contributed by atoms with Gasteiger partial charge in [0.15, 0.2) is 5.78 Å². The molecule has 17 heavy (non-hydrogen) atoms. The molecule has 90 valence electrons. The van der Waals surface area contributed by atoms with Gasteiger partial charge in [0.2, 0.25) is 0 Å². The number of carbonyl (C=O) groups is 2. The lowest BCUT2D eigenvalue weighted by atomic mass is 10.0. The van der Waals surface area contributed by atoms with Gasteiger partial charge in [-0.2, -0.15) is 0 Å². The summed E-state index contributed by atoms with van der Waals surface area (Å²) in [6, 6.07) is 8.50. The van der Waals surface area contributed by atoms with E-state index >= 15 is 0 Å². The molecular weight excluding hydrogens is 220 g/mol. The van der Waals surface area contributed by atoms with Crippen LogP contribution in [0, 0.1) is 0 Å². The lowest BCUT2D eigenvalue weighted by Crippen LogP contribution is -2.16. The smallest absolute Gasteiger partial charge is 0.333 e. The van der Waals surface area contributed by atoms with Gasteiger partial charge in [0.1, 0.15) is 0 Å². The Morgan fingerprint density at radius 3 is 2.29 bits per heavy atom. The highest BCUT2D eigenvalue weighted by atomic mass is 16.5. The van der Waals surface area contributed by atoms with E-state index < -0.39 is 11.7 Å². The summed E-state index contributed by atoms with van der Waals surface area (Å²) in [6.45, 7) is 1.24. The number of hydrogen-bond acceptors (Lipinski definition) is 4. The summed E-state index contributed by atoms with van der Waals surface area (Å²) in [5.41, 5.74) is 0.344. The normalized spacial score (nSPS) is 11.6. The molecule has 0 saturated carbocycles. The lowest BCUT2D eigenvalue weighted by molar-refractivity contribution is -0.303. The first-order valence-electron chi connectivity index (χ1n) is 5.09. The molecule has 0 aliphatic carbocycles. The van der Waals surface area contributed by atoms with Crippen LogP contribution in [0.5, 0.6) is 0 Å². The van der Waals surface area contributed by atoms with Crippen molar-refractivity contribution in [1.29, 1.82) is 0 Å². The molecule has 1 aromatic carbocycles. The average molecular weight is 233 g/mol. The van der Waals surface area contributed by atoms with Crippen LogP contribution in [0.4, 0.5) is 0 Å². The summed E-state index contributed by atoms with van der Waals surface area (Å²) in [7, 11) is 1.18. The Morgan fingerprint density at radius 2 is 1.82 bits per heavy atom. The maximum Gasteiger partial charge on any atom is 0.333 e. The van der Waals surface area contributed by atoms with Gasteiger partial charge in [-0.05, 0) is 0 Å². The molecule has 0 N–H and O–H groups in total. The number of esters is 1. The van der Waals surface area contributed by atoms with Gasteiger partial charge in [-0.25, -0.2) is 4.79 Å². The molecule has 0 aliphatic rings. The molecule has 1 rings (SSSR count). The molecule has 4 heteroatoms. The molecule has 0 fully saturated rings. The van der Waals surface area contributed by atoms with E-state index in [9.17, 15) is 14.7 Å². The fourth-order valence-electron chi connectivity index (χ4n) is 1.35. The standard InChI is InChI=1S/C13H14O4/c1-9(14)11(13(16)17-2)8-12(15)10-6-4-3-5-7-10/h3-7,14H,8H2,1-2H3/p-1/b11-9+. The summed E-state index contributed by atoms with van der Waals surface area (Å²) in [6.07, 6.45) is -0.230. The van der Waals surface area contributed by atoms with Crippen LogP contribution in [-0.4, -0.2) is 18.9 Å². The van der Waals surface area contributed by atoms with Gasteiger partial charge >= 0.3 is 5.97 Å². The maximum atomic E-state index is 11.8. The Balaban J connectivity index is 2.87. The Morgan fingerprint density at radius 1 is 1.24 bits per heavy atom. The number of rotatable bonds is 4. The first-order valence-corrected chi connectivity index (χ1v) is 5.09. The second kappa shape index (κ2) is 5.84. The van der Waals surface area contributed by atoms with E-state index in [1.807, 2.05) is 0 Å². The number of carbonyl (C=O) groups excluding carboxylic acids is 2. The van der Waals surface area contributed by atoms with Gasteiger partial charge in [0.25, 0.3) is 0 Å². The fourth-order valence-corrected chi connectivity index (χ4v) is 1.35. The Kier molecular flexibility index (Phi) is 4.46. The van der Waals surface area contributed by atoms with Crippen molar-refractivity contribution in [3.8, 4) is 0 Å². The van der Waals surface area contributed by atoms with E-state index in [0.29, 0.717) is 5.56 Å². The number of benzene rings is 1. The number of allylic oxidation sites excluding steroid dienone is 1. The molecule has 0 aliphatic heterocycles. The predicted octanol–water partition coefficient (Wildman–Crippen LogP) is 1.07. The molecule has 0 aromatic heterocycles. The van der Waals surface area contributed by atoms with Crippen LogP contribution in [-0.2, 0) is 9.53 Å². The summed E-state index contributed by atoms with van der Waals surface area (Å²) < 4.78 is 4.46. The van der Waals surface area contributed by atoms with Crippen molar-refractivity contribution in [2.24, 2.45) is 0 Å². The molecule has 0 unspecified atom stereocenters. The monoisotopic (exact) mass is 233 g/mol. The van der Waals surface area contributed by atoms with Crippen LogP contribution < -0.4 is 5.11 Å². The molecule has 1 aromatic rings. The topological polar surface area (TPSA) is 66.4 Å². The minimum absolute atomic E-state index is 0.124. The second-order valence-corrected chi connectivity index (χ2v) is 3.49. The molecule has 0 spiro atoms. The van der Waals surface area contributed by atoms with E-state index in [2.05, 4.69) is 4.74 Å². The zero-order valence-electron chi connectivity index (χ0n) is 9.73. The molecule has 0 radical (unpaired) electrons. The first kappa shape index (κ1) is 13.0. The van der Waals surface area contributed by atoms with Crippen molar-refractivity contribution in [3.63, 3.8) is 0 Å². The molecule has 0 amide bonds. The predicted molar refractivity (Wildman–Crippen MR) is 60.1 cm³/mol. The van der Waals surface area contributed by atoms with Crippen LogP contribution in [0.3, 0.4) is 0 Å². The fraction of sp³-hybridized carbons (Fsp3) is 0.231. The largest absolute Gasteiger partial charge is 0.875 e. The second-order valence-electron chi connectivity index (χ2n) is 3.49. The Bertz CT molecular complexity index is 442. The highest BCUT2D eigenvalue weighted by Gasteiger charge is 2.15. The van der Waals surface area contributed by atoms with Gasteiger partial charge in [0, 0.05) is 17.6 Å². The van der Waals surface area contributed by atoms with E-state index in [-0.39, 0.29) is 17.8 Å². The van der Waals surface area contributed by atoms with Crippen LogP contribution >= 0.6 is 0 Å². The van der Waals surface area contributed by atoms with Gasteiger partial charge in [-0.1, -0.05) is 37.3 Å². The number of methoxy groups -OCH3 is 1. The zero-order chi connectivity index (χ0) is 12.8. The van der Waals surface area contributed by atoms with Gasteiger partial charge in [0.05, 0.1) is 7.11 Å². The molecule has 0 bridgehead atoms. The molecule has 0 heterocycles. The van der Waals surface area contributed by atoms with Gasteiger partial charge in [-0.15, -0.1) is 5.76 Å². The minimum Gasteiger partial charge on any atom is -0.875 e. The van der Waals surface area contributed by atoms with Crippen molar-refractivity contribution < 1.29 is 19.4 Å². The maximum absolute atomic E-state index is 11.8. The molecule has 0 atom stereocenters. The van der Waals surface area contributed by atoms with Crippen LogP contribution in [0.2, 0.25) is 0 Å². The minimum atomic E-state index is -0.748. The summed E-state index contributed by atoms with van der Waals surface area (Å²) in [5.74, 6) is -1.47. The molecular formula is C13H13O4-. The number of ether oxygens (including phenoxy) is 1. The summed E-state index contributed by atoms with van der Waals surface area (Å²) in [5, 5.41) is 11.2. The quantitative estimate of drug-likeness (QED) is 0.337. The average Bonchev–Trinajstić information content (AvgIpc) is 2.35. The summed E-state index contributed by atoms with van der Waals surface area (Å²) >= 11 is 0. The van der Waals surface area contributed by atoms with Crippen LogP contribution in [0.25, 0.3) is 0 Å². The lowest BCUT2D eigenvalue weighted by Gasteiger charge is -2.12. The van der Waals surface area contributed by atoms with Crippen LogP contribution in [0.15, 0.2) is 41.7 Å². The van der Waals surface area contributed by atoms with Crippen molar-refractivity contribution in [1.82, 2.24) is 0 Å². The molecule has 0 saturated heterocycles. The highest BCUT2D eigenvalue weighted by Crippen LogP contribution is 2.12. The van der Waals surface area contributed by atoms with Gasteiger partial charge in [-0.3, -0.25) is 4.79 Å². The van der Waals surface area contributed by atoms with E-state index in [1.54, 1.807) is 30.3 Å². The van der Waals surface area contributed by atoms with Crippen molar-refractivity contribution in [2.45, 2.75) is 13.3 Å². The highest BCUT2D eigenvalue weighted by molar-refractivity contribution is 6.03.